The van der Waals surface area contributed by atoms with Gasteiger partial charge in [0.1, 0.15) is 0 Å². The Morgan fingerprint density at radius 1 is 1.20 bits per heavy atom. The van der Waals surface area contributed by atoms with E-state index in [9.17, 15) is 5.11 Å². The number of hydrogen-bond acceptors (Lipinski definition) is 3. The lowest BCUT2D eigenvalue weighted by Crippen LogP contribution is -2.41. The molecule has 0 spiro atoms. The SMILES string of the molecule is CC(Cc1cccs1)N(C)CC(C)(O)c1ccccc1. The van der Waals surface area contributed by atoms with Crippen molar-refractivity contribution >= 4 is 11.3 Å². The van der Waals surface area contributed by atoms with Gasteiger partial charge in [-0.25, -0.2) is 0 Å². The van der Waals surface area contributed by atoms with Crippen LogP contribution in [-0.2, 0) is 12.0 Å². The fourth-order valence-corrected chi connectivity index (χ4v) is 3.23. The average molecular weight is 289 g/mol. The molecular weight excluding hydrogens is 266 g/mol. The molecule has 0 amide bonds. The minimum atomic E-state index is -0.820. The lowest BCUT2D eigenvalue weighted by Gasteiger charge is -2.33. The first-order chi connectivity index (χ1) is 9.49. The van der Waals surface area contributed by atoms with E-state index in [0.29, 0.717) is 12.6 Å². The van der Waals surface area contributed by atoms with Crippen molar-refractivity contribution < 1.29 is 5.11 Å². The summed E-state index contributed by atoms with van der Waals surface area (Å²) in [5.41, 5.74) is 0.148. The number of hydrogen-bond donors (Lipinski definition) is 1. The normalized spacial score (nSPS) is 16.1. The number of likely N-dealkylation sites (N-methyl/N-ethyl adjacent to an activating group) is 1. The van der Waals surface area contributed by atoms with E-state index in [-0.39, 0.29) is 0 Å². The van der Waals surface area contributed by atoms with E-state index in [1.165, 1.54) is 4.88 Å². The predicted octanol–water partition coefficient (Wildman–Crippen LogP) is 3.52. The van der Waals surface area contributed by atoms with Crippen LogP contribution in [0.3, 0.4) is 0 Å². The lowest BCUT2D eigenvalue weighted by molar-refractivity contribution is 0.0136. The highest BCUT2D eigenvalue weighted by Gasteiger charge is 2.26. The molecule has 0 bridgehead atoms. The number of rotatable bonds is 6. The highest BCUT2D eigenvalue weighted by Crippen LogP contribution is 2.23. The molecule has 1 N–H and O–H groups in total. The van der Waals surface area contributed by atoms with Crippen LogP contribution in [0.1, 0.15) is 24.3 Å². The summed E-state index contributed by atoms with van der Waals surface area (Å²) in [6.07, 6.45) is 1.03. The quantitative estimate of drug-likeness (QED) is 0.879. The van der Waals surface area contributed by atoms with Gasteiger partial charge >= 0.3 is 0 Å². The molecule has 2 atom stereocenters. The number of aliphatic hydroxyl groups is 1. The summed E-state index contributed by atoms with van der Waals surface area (Å²) in [6.45, 7) is 4.72. The van der Waals surface area contributed by atoms with Crippen LogP contribution in [0, 0.1) is 0 Å². The van der Waals surface area contributed by atoms with E-state index in [0.717, 1.165) is 12.0 Å². The number of nitrogens with zero attached hydrogens (tertiary/aromatic N) is 1. The summed E-state index contributed by atoms with van der Waals surface area (Å²) in [6, 6.07) is 14.6. The van der Waals surface area contributed by atoms with Crippen LogP contribution in [0.4, 0.5) is 0 Å². The Morgan fingerprint density at radius 3 is 2.50 bits per heavy atom. The molecule has 0 saturated heterocycles. The zero-order valence-corrected chi connectivity index (χ0v) is 13.2. The molecule has 0 radical (unpaired) electrons. The predicted molar refractivity (Wildman–Crippen MR) is 86.1 cm³/mol. The third-order valence-corrected chi connectivity index (χ3v) is 4.68. The minimum Gasteiger partial charge on any atom is -0.384 e. The molecule has 2 unspecified atom stereocenters. The van der Waals surface area contributed by atoms with Gasteiger partial charge in [-0.05, 0) is 44.3 Å². The van der Waals surface area contributed by atoms with E-state index < -0.39 is 5.60 Å². The summed E-state index contributed by atoms with van der Waals surface area (Å²) >= 11 is 1.79. The monoisotopic (exact) mass is 289 g/mol. The molecule has 2 nitrogen and oxygen atoms in total. The van der Waals surface area contributed by atoms with Gasteiger partial charge in [-0.2, -0.15) is 0 Å². The lowest BCUT2D eigenvalue weighted by atomic mass is 9.95. The highest BCUT2D eigenvalue weighted by molar-refractivity contribution is 7.09. The highest BCUT2D eigenvalue weighted by atomic mass is 32.1. The Labute approximate surface area is 125 Å². The topological polar surface area (TPSA) is 23.5 Å². The molecule has 0 aliphatic rings. The summed E-state index contributed by atoms with van der Waals surface area (Å²) in [7, 11) is 2.08. The smallest absolute Gasteiger partial charge is 0.0994 e. The standard InChI is InChI=1S/C17H23NOS/c1-14(12-16-10-7-11-20-16)18(3)13-17(2,19)15-8-5-4-6-9-15/h4-11,14,19H,12-13H2,1-3H3. The van der Waals surface area contributed by atoms with E-state index in [4.69, 9.17) is 0 Å². The van der Waals surface area contributed by atoms with Crippen molar-refractivity contribution in [3.63, 3.8) is 0 Å². The third kappa shape index (κ3) is 3.92. The second-order valence-electron chi connectivity index (χ2n) is 5.69. The Kier molecular flexibility index (Phi) is 4.97. The number of thiophene rings is 1. The maximum atomic E-state index is 10.7. The molecule has 0 aliphatic carbocycles. The molecule has 0 saturated carbocycles. The molecule has 2 aromatic rings. The van der Waals surface area contributed by atoms with Gasteiger partial charge in [0.2, 0.25) is 0 Å². The first kappa shape index (κ1) is 15.2. The molecule has 0 aliphatic heterocycles. The van der Waals surface area contributed by atoms with Crippen molar-refractivity contribution in [1.29, 1.82) is 0 Å². The van der Waals surface area contributed by atoms with Gasteiger partial charge in [-0.1, -0.05) is 36.4 Å². The molecule has 3 heteroatoms. The van der Waals surface area contributed by atoms with Gasteiger partial charge in [0.25, 0.3) is 0 Å². The van der Waals surface area contributed by atoms with Crippen molar-refractivity contribution in [2.45, 2.75) is 31.9 Å². The molecule has 20 heavy (non-hydrogen) atoms. The summed E-state index contributed by atoms with van der Waals surface area (Å²) in [5, 5.41) is 12.8. The van der Waals surface area contributed by atoms with Gasteiger partial charge < -0.3 is 10.0 Å². The van der Waals surface area contributed by atoms with Crippen LogP contribution < -0.4 is 0 Å². The average Bonchev–Trinajstić information content (AvgIpc) is 2.92. The van der Waals surface area contributed by atoms with Gasteiger partial charge in [-0.15, -0.1) is 11.3 Å². The zero-order valence-electron chi connectivity index (χ0n) is 12.4. The van der Waals surface area contributed by atoms with Crippen molar-refractivity contribution in [3.8, 4) is 0 Å². The first-order valence-electron chi connectivity index (χ1n) is 6.99. The van der Waals surface area contributed by atoms with Crippen molar-refractivity contribution in [3.05, 3.63) is 58.3 Å². The largest absolute Gasteiger partial charge is 0.384 e. The van der Waals surface area contributed by atoms with Crippen LogP contribution >= 0.6 is 11.3 Å². The molecule has 108 valence electrons. The second-order valence-corrected chi connectivity index (χ2v) is 6.72. The van der Waals surface area contributed by atoms with Crippen molar-refractivity contribution in [2.75, 3.05) is 13.6 Å². The molecule has 1 aromatic heterocycles. The number of benzene rings is 1. The Morgan fingerprint density at radius 2 is 1.90 bits per heavy atom. The summed E-state index contributed by atoms with van der Waals surface area (Å²) in [4.78, 5) is 3.62. The summed E-state index contributed by atoms with van der Waals surface area (Å²) < 4.78 is 0. The molecule has 1 heterocycles. The molecule has 1 aromatic carbocycles. The van der Waals surface area contributed by atoms with E-state index >= 15 is 0 Å². The van der Waals surface area contributed by atoms with Crippen LogP contribution in [0.2, 0.25) is 0 Å². The third-order valence-electron chi connectivity index (χ3n) is 3.78. The van der Waals surface area contributed by atoms with E-state index in [1.54, 1.807) is 11.3 Å². The summed E-state index contributed by atoms with van der Waals surface area (Å²) in [5.74, 6) is 0. The fraction of sp³-hybridized carbons (Fsp3) is 0.412. The molecule has 2 rings (SSSR count). The maximum absolute atomic E-state index is 10.7. The maximum Gasteiger partial charge on any atom is 0.0994 e. The van der Waals surface area contributed by atoms with E-state index in [2.05, 4.69) is 36.4 Å². The van der Waals surface area contributed by atoms with Crippen LogP contribution in [0.5, 0.6) is 0 Å². The van der Waals surface area contributed by atoms with Crippen molar-refractivity contribution in [1.82, 2.24) is 4.90 Å². The Balaban J connectivity index is 1.98. The Hall–Kier alpha value is -1.16. The zero-order chi connectivity index (χ0) is 14.6. The first-order valence-corrected chi connectivity index (χ1v) is 7.87. The van der Waals surface area contributed by atoms with Gasteiger partial charge in [0.05, 0.1) is 5.60 Å². The molecular formula is C17H23NOS. The Bertz CT molecular complexity index is 507. The van der Waals surface area contributed by atoms with Gasteiger partial charge in [0, 0.05) is 17.5 Å². The second kappa shape index (κ2) is 6.53. The minimum absolute atomic E-state index is 0.406. The van der Waals surface area contributed by atoms with E-state index in [1.807, 2.05) is 37.3 Å². The van der Waals surface area contributed by atoms with Crippen LogP contribution in [-0.4, -0.2) is 29.6 Å². The van der Waals surface area contributed by atoms with Crippen LogP contribution in [0.25, 0.3) is 0 Å². The molecule has 0 fully saturated rings. The van der Waals surface area contributed by atoms with Crippen LogP contribution in [0.15, 0.2) is 47.8 Å². The van der Waals surface area contributed by atoms with Crippen molar-refractivity contribution in [2.24, 2.45) is 0 Å². The fourth-order valence-electron chi connectivity index (χ4n) is 2.41. The van der Waals surface area contributed by atoms with Gasteiger partial charge in [-0.3, -0.25) is 0 Å². The van der Waals surface area contributed by atoms with Gasteiger partial charge in [0.15, 0.2) is 0 Å².